The number of amides is 1. The standard InChI is InChI=1S/C21H27NO3/c1-15(2)19-7-5-6-8-20(19)24-14-13-22-21(23)17(4)25-18-11-9-16(3)10-12-18/h5-12,15,17H,13-14H2,1-4H3,(H,22,23)/t17-/m0/s1. The van der Waals surface area contributed by atoms with Crippen LogP contribution in [0.5, 0.6) is 11.5 Å². The molecule has 0 spiro atoms. The molecule has 25 heavy (non-hydrogen) atoms. The van der Waals surface area contributed by atoms with Gasteiger partial charge in [0.15, 0.2) is 6.10 Å². The minimum absolute atomic E-state index is 0.152. The van der Waals surface area contributed by atoms with E-state index in [9.17, 15) is 4.79 Å². The number of carbonyl (C=O) groups excluding carboxylic acids is 1. The van der Waals surface area contributed by atoms with Gasteiger partial charge in [-0.15, -0.1) is 0 Å². The van der Waals surface area contributed by atoms with Crippen LogP contribution in [-0.4, -0.2) is 25.2 Å². The van der Waals surface area contributed by atoms with Gasteiger partial charge in [0.25, 0.3) is 5.91 Å². The molecule has 1 atom stereocenters. The fraction of sp³-hybridized carbons (Fsp3) is 0.381. The molecule has 2 rings (SSSR count). The summed E-state index contributed by atoms with van der Waals surface area (Å²) in [5, 5.41) is 2.84. The van der Waals surface area contributed by atoms with Gasteiger partial charge in [-0.05, 0) is 43.5 Å². The van der Waals surface area contributed by atoms with Crippen molar-refractivity contribution >= 4 is 5.91 Å². The van der Waals surface area contributed by atoms with Crippen molar-refractivity contribution in [2.75, 3.05) is 13.2 Å². The lowest BCUT2D eigenvalue weighted by molar-refractivity contribution is -0.127. The van der Waals surface area contributed by atoms with Crippen LogP contribution in [0.4, 0.5) is 0 Å². The van der Waals surface area contributed by atoms with E-state index in [4.69, 9.17) is 9.47 Å². The van der Waals surface area contributed by atoms with Crippen molar-refractivity contribution in [3.05, 3.63) is 59.7 Å². The second-order valence-corrected chi connectivity index (χ2v) is 6.41. The Labute approximate surface area is 150 Å². The average Bonchev–Trinajstić information content (AvgIpc) is 2.60. The van der Waals surface area contributed by atoms with Crippen molar-refractivity contribution < 1.29 is 14.3 Å². The van der Waals surface area contributed by atoms with Crippen molar-refractivity contribution in [2.24, 2.45) is 0 Å². The molecule has 4 nitrogen and oxygen atoms in total. The van der Waals surface area contributed by atoms with E-state index in [1.54, 1.807) is 6.92 Å². The first-order valence-corrected chi connectivity index (χ1v) is 8.70. The predicted molar refractivity (Wildman–Crippen MR) is 100 cm³/mol. The molecular weight excluding hydrogens is 314 g/mol. The number of hydrogen-bond acceptors (Lipinski definition) is 3. The Morgan fingerprint density at radius 1 is 1.04 bits per heavy atom. The van der Waals surface area contributed by atoms with Crippen LogP contribution < -0.4 is 14.8 Å². The lowest BCUT2D eigenvalue weighted by Gasteiger charge is -2.16. The molecule has 4 heteroatoms. The molecule has 2 aromatic rings. The summed E-state index contributed by atoms with van der Waals surface area (Å²) in [6.07, 6.45) is -0.550. The summed E-state index contributed by atoms with van der Waals surface area (Å²) < 4.78 is 11.4. The van der Waals surface area contributed by atoms with E-state index in [0.29, 0.717) is 24.8 Å². The number of ether oxygens (including phenoxy) is 2. The Morgan fingerprint density at radius 2 is 1.72 bits per heavy atom. The van der Waals surface area contributed by atoms with Gasteiger partial charge in [-0.25, -0.2) is 0 Å². The van der Waals surface area contributed by atoms with Crippen LogP contribution in [0.25, 0.3) is 0 Å². The van der Waals surface area contributed by atoms with Gasteiger partial charge < -0.3 is 14.8 Å². The molecule has 1 amide bonds. The number of nitrogens with one attached hydrogen (secondary N) is 1. The van der Waals surface area contributed by atoms with E-state index in [2.05, 4.69) is 25.2 Å². The van der Waals surface area contributed by atoms with E-state index in [0.717, 1.165) is 11.3 Å². The Balaban J connectivity index is 1.76. The molecule has 0 saturated heterocycles. The predicted octanol–water partition coefficient (Wildman–Crippen LogP) is 4.08. The SMILES string of the molecule is Cc1ccc(O[C@@H](C)C(=O)NCCOc2ccccc2C(C)C)cc1. The Hall–Kier alpha value is -2.49. The van der Waals surface area contributed by atoms with Gasteiger partial charge in [0.2, 0.25) is 0 Å². The summed E-state index contributed by atoms with van der Waals surface area (Å²) in [5.74, 6) is 1.81. The van der Waals surface area contributed by atoms with Gasteiger partial charge in [0, 0.05) is 0 Å². The van der Waals surface area contributed by atoms with Crippen molar-refractivity contribution in [2.45, 2.75) is 39.7 Å². The average molecular weight is 341 g/mol. The van der Waals surface area contributed by atoms with Gasteiger partial charge in [-0.3, -0.25) is 4.79 Å². The molecule has 0 heterocycles. The third-order valence-electron chi connectivity index (χ3n) is 3.90. The summed E-state index contributed by atoms with van der Waals surface area (Å²) in [4.78, 5) is 12.1. The highest BCUT2D eigenvalue weighted by Gasteiger charge is 2.14. The molecular formula is C21H27NO3. The van der Waals surface area contributed by atoms with E-state index >= 15 is 0 Å². The summed E-state index contributed by atoms with van der Waals surface area (Å²) >= 11 is 0. The number of aryl methyl sites for hydroxylation is 1. The number of benzene rings is 2. The quantitative estimate of drug-likeness (QED) is 0.736. The number of rotatable bonds is 8. The van der Waals surface area contributed by atoms with E-state index in [-0.39, 0.29) is 5.91 Å². The molecule has 0 saturated carbocycles. The Morgan fingerprint density at radius 3 is 2.40 bits per heavy atom. The first-order valence-electron chi connectivity index (χ1n) is 8.70. The summed E-state index contributed by atoms with van der Waals surface area (Å²) in [7, 11) is 0. The maximum Gasteiger partial charge on any atom is 0.260 e. The summed E-state index contributed by atoms with van der Waals surface area (Å²) in [6.45, 7) is 8.88. The summed E-state index contributed by atoms with van der Waals surface area (Å²) in [5.41, 5.74) is 2.33. The topological polar surface area (TPSA) is 47.6 Å². The smallest absolute Gasteiger partial charge is 0.260 e. The van der Waals surface area contributed by atoms with Crippen LogP contribution >= 0.6 is 0 Å². The van der Waals surface area contributed by atoms with Crippen LogP contribution in [0.1, 0.15) is 37.8 Å². The number of hydrogen-bond donors (Lipinski definition) is 1. The highest BCUT2D eigenvalue weighted by Crippen LogP contribution is 2.25. The second-order valence-electron chi connectivity index (χ2n) is 6.41. The molecule has 0 aliphatic rings. The zero-order valence-corrected chi connectivity index (χ0v) is 15.4. The second kappa shape index (κ2) is 9.11. The lowest BCUT2D eigenvalue weighted by Crippen LogP contribution is -2.38. The normalized spacial score (nSPS) is 11.9. The van der Waals surface area contributed by atoms with Crippen LogP contribution in [-0.2, 0) is 4.79 Å². The highest BCUT2D eigenvalue weighted by atomic mass is 16.5. The molecule has 0 aliphatic carbocycles. The van der Waals surface area contributed by atoms with Gasteiger partial charge in [-0.1, -0.05) is 49.7 Å². The van der Waals surface area contributed by atoms with Gasteiger partial charge in [0.1, 0.15) is 18.1 Å². The monoisotopic (exact) mass is 341 g/mol. The Bertz CT molecular complexity index is 680. The molecule has 0 fully saturated rings. The van der Waals surface area contributed by atoms with Gasteiger partial charge in [0.05, 0.1) is 6.54 Å². The van der Waals surface area contributed by atoms with E-state index in [1.807, 2.05) is 49.4 Å². The van der Waals surface area contributed by atoms with Crippen molar-refractivity contribution in [1.29, 1.82) is 0 Å². The zero-order valence-electron chi connectivity index (χ0n) is 15.4. The highest BCUT2D eigenvalue weighted by molar-refractivity contribution is 5.80. The number of carbonyl (C=O) groups is 1. The molecule has 2 aromatic carbocycles. The van der Waals surface area contributed by atoms with Crippen LogP contribution in [0.15, 0.2) is 48.5 Å². The maximum atomic E-state index is 12.1. The van der Waals surface area contributed by atoms with Gasteiger partial charge >= 0.3 is 0 Å². The largest absolute Gasteiger partial charge is 0.491 e. The third kappa shape index (κ3) is 5.82. The van der Waals surface area contributed by atoms with E-state index in [1.165, 1.54) is 5.56 Å². The fourth-order valence-corrected chi connectivity index (χ4v) is 2.44. The number of para-hydroxylation sites is 1. The molecule has 0 bridgehead atoms. The van der Waals surface area contributed by atoms with Crippen molar-refractivity contribution in [1.82, 2.24) is 5.32 Å². The van der Waals surface area contributed by atoms with Crippen LogP contribution in [0.2, 0.25) is 0 Å². The van der Waals surface area contributed by atoms with Gasteiger partial charge in [-0.2, -0.15) is 0 Å². The molecule has 0 aromatic heterocycles. The minimum atomic E-state index is -0.550. The summed E-state index contributed by atoms with van der Waals surface area (Å²) in [6, 6.07) is 15.6. The molecule has 1 N–H and O–H groups in total. The zero-order chi connectivity index (χ0) is 18.2. The molecule has 134 valence electrons. The molecule has 0 unspecified atom stereocenters. The minimum Gasteiger partial charge on any atom is -0.491 e. The first-order chi connectivity index (χ1) is 12.0. The first kappa shape index (κ1) is 18.8. The molecule has 0 aliphatic heterocycles. The lowest BCUT2D eigenvalue weighted by atomic mass is 10.0. The van der Waals surface area contributed by atoms with Crippen LogP contribution in [0.3, 0.4) is 0 Å². The fourth-order valence-electron chi connectivity index (χ4n) is 2.44. The molecule has 0 radical (unpaired) electrons. The van der Waals surface area contributed by atoms with Crippen molar-refractivity contribution in [3.8, 4) is 11.5 Å². The third-order valence-corrected chi connectivity index (χ3v) is 3.90. The van der Waals surface area contributed by atoms with Crippen molar-refractivity contribution in [3.63, 3.8) is 0 Å². The van der Waals surface area contributed by atoms with E-state index < -0.39 is 6.10 Å². The maximum absolute atomic E-state index is 12.1. The van der Waals surface area contributed by atoms with Crippen LogP contribution in [0, 0.1) is 6.92 Å². The Kier molecular flexibility index (Phi) is 6.87.